The van der Waals surface area contributed by atoms with E-state index in [9.17, 15) is 5.11 Å². The Kier molecular flexibility index (Phi) is 4.39. The number of aliphatic hydroxyl groups excluding tert-OH is 2. The van der Waals surface area contributed by atoms with E-state index >= 15 is 0 Å². The van der Waals surface area contributed by atoms with Gasteiger partial charge in [0.05, 0.1) is 13.7 Å². The number of methoxy groups -OCH3 is 2. The molecule has 1 aliphatic carbocycles. The van der Waals surface area contributed by atoms with Crippen molar-refractivity contribution in [2.45, 2.75) is 12.5 Å². The molecule has 1 unspecified atom stereocenters. The molecular formula is C11H16O4. The molecule has 0 radical (unpaired) electrons. The molecule has 0 aliphatic heterocycles. The van der Waals surface area contributed by atoms with Crippen LogP contribution in [-0.4, -0.2) is 37.1 Å². The fourth-order valence-corrected chi connectivity index (χ4v) is 1.45. The van der Waals surface area contributed by atoms with Gasteiger partial charge in [-0.2, -0.15) is 0 Å². The largest absolute Gasteiger partial charge is 0.506 e. The minimum Gasteiger partial charge on any atom is -0.506 e. The quantitative estimate of drug-likeness (QED) is 0.737. The Bertz CT molecular complexity index is 302. The van der Waals surface area contributed by atoms with Gasteiger partial charge < -0.3 is 19.7 Å². The highest BCUT2D eigenvalue weighted by Crippen LogP contribution is 2.25. The number of hydrogen-bond donors (Lipinski definition) is 2. The fraction of sp³-hybridized carbons (Fsp3) is 0.455. The van der Waals surface area contributed by atoms with Crippen molar-refractivity contribution >= 4 is 0 Å². The summed E-state index contributed by atoms with van der Waals surface area (Å²) in [6.07, 6.45) is 5.36. The highest BCUT2D eigenvalue weighted by Gasteiger charge is 2.22. The van der Waals surface area contributed by atoms with Gasteiger partial charge in [-0.3, -0.25) is 0 Å². The smallest absolute Gasteiger partial charge is 0.164 e. The second-order valence-electron chi connectivity index (χ2n) is 3.19. The number of ether oxygens (including phenoxy) is 2. The molecule has 0 aromatic carbocycles. The summed E-state index contributed by atoms with van der Waals surface area (Å²) in [5.41, 5.74) is 0.950. The molecule has 0 fully saturated rings. The topological polar surface area (TPSA) is 58.9 Å². The van der Waals surface area contributed by atoms with Crippen molar-refractivity contribution in [1.82, 2.24) is 0 Å². The predicted molar refractivity (Wildman–Crippen MR) is 56.4 cm³/mol. The maximum absolute atomic E-state index is 9.68. The molecule has 0 heterocycles. The number of rotatable bonds is 4. The van der Waals surface area contributed by atoms with Crippen LogP contribution in [0.2, 0.25) is 0 Å². The van der Waals surface area contributed by atoms with Crippen LogP contribution >= 0.6 is 0 Å². The average Bonchev–Trinajstić information content (AvgIpc) is 2.27. The SMILES string of the molecule is COC1=C(O)C(OC)CC(/C=C/CO)=C1. The summed E-state index contributed by atoms with van der Waals surface area (Å²) in [7, 11) is 3.03. The van der Waals surface area contributed by atoms with Crippen molar-refractivity contribution in [2.24, 2.45) is 0 Å². The van der Waals surface area contributed by atoms with Crippen LogP contribution in [0.3, 0.4) is 0 Å². The van der Waals surface area contributed by atoms with E-state index < -0.39 is 0 Å². The molecule has 4 heteroatoms. The summed E-state index contributed by atoms with van der Waals surface area (Å²) >= 11 is 0. The molecule has 0 aromatic heterocycles. The Morgan fingerprint density at radius 3 is 2.80 bits per heavy atom. The lowest BCUT2D eigenvalue weighted by molar-refractivity contribution is 0.0810. The van der Waals surface area contributed by atoms with Crippen molar-refractivity contribution in [3.05, 3.63) is 35.3 Å². The van der Waals surface area contributed by atoms with Crippen LogP contribution in [0.15, 0.2) is 35.3 Å². The first-order valence-corrected chi connectivity index (χ1v) is 4.70. The molecule has 4 nitrogen and oxygen atoms in total. The zero-order valence-electron chi connectivity index (χ0n) is 8.93. The molecule has 0 aromatic rings. The standard InChI is InChI=1S/C11H16O4/c1-14-9-6-8(4-3-5-12)7-10(15-2)11(9)13/h3-4,6,10,12-13H,5,7H2,1-2H3/b4-3+. The van der Waals surface area contributed by atoms with E-state index in [-0.39, 0.29) is 18.5 Å². The Labute approximate surface area is 89.1 Å². The van der Waals surface area contributed by atoms with Crippen LogP contribution in [0.4, 0.5) is 0 Å². The van der Waals surface area contributed by atoms with Crippen LogP contribution in [0.5, 0.6) is 0 Å². The first-order valence-electron chi connectivity index (χ1n) is 4.70. The van der Waals surface area contributed by atoms with Crippen molar-refractivity contribution in [3.8, 4) is 0 Å². The molecule has 0 spiro atoms. The average molecular weight is 212 g/mol. The van der Waals surface area contributed by atoms with Gasteiger partial charge in [0.15, 0.2) is 11.5 Å². The first-order chi connectivity index (χ1) is 7.22. The summed E-state index contributed by atoms with van der Waals surface area (Å²) in [5, 5.41) is 18.3. The summed E-state index contributed by atoms with van der Waals surface area (Å²) in [6, 6.07) is 0. The van der Waals surface area contributed by atoms with E-state index in [4.69, 9.17) is 14.6 Å². The molecule has 1 rings (SSSR count). The molecule has 0 saturated heterocycles. The van der Waals surface area contributed by atoms with E-state index in [1.807, 2.05) is 0 Å². The van der Waals surface area contributed by atoms with Crippen molar-refractivity contribution < 1.29 is 19.7 Å². The zero-order chi connectivity index (χ0) is 11.3. The van der Waals surface area contributed by atoms with Crippen LogP contribution in [-0.2, 0) is 9.47 Å². The van der Waals surface area contributed by atoms with E-state index in [2.05, 4.69) is 0 Å². The minimum absolute atomic E-state index is 0.00694. The molecule has 1 aliphatic rings. The van der Waals surface area contributed by atoms with Gasteiger partial charge in [-0.05, 0) is 11.6 Å². The van der Waals surface area contributed by atoms with Gasteiger partial charge >= 0.3 is 0 Å². The van der Waals surface area contributed by atoms with Gasteiger partial charge in [-0.1, -0.05) is 12.2 Å². The second-order valence-corrected chi connectivity index (χ2v) is 3.19. The molecule has 0 amide bonds. The first kappa shape index (κ1) is 11.8. The Morgan fingerprint density at radius 2 is 2.27 bits per heavy atom. The summed E-state index contributed by atoms with van der Waals surface area (Å²) in [4.78, 5) is 0. The second kappa shape index (κ2) is 5.58. The third-order valence-electron chi connectivity index (χ3n) is 2.24. The maximum Gasteiger partial charge on any atom is 0.164 e. The van der Waals surface area contributed by atoms with E-state index in [1.165, 1.54) is 14.2 Å². The third-order valence-corrected chi connectivity index (χ3v) is 2.24. The zero-order valence-corrected chi connectivity index (χ0v) is 8.93. The highest BCUT2D eigenvalue weighted by atomic mass is 16.5. The number of hydrogen-bond acceptors (Lipinski definition) is 4. The molecule has 1 atom stereocenters. The normalized spacial score (nSPS) is 22.1. The summed E-state index contributed by atoms with van der Waals surface area (Å²) < 4.78 is 10.1. The van der Waals surface area contributed by atoms with Crippen LogP contribution < -0.4 is 0 Å². The number of aliphatic hydroxyl groups is 2. The minimum atomic E-state index is -0.372. The van der Waals surface area contributed by atoms with Crippen LogP contribution in [0.1, 0.15) is 6.42 Å². The molecular weight excluding hydrogens is 196 g/mol. The maximum atomic E-state index is 9.68. The monoisotopic (exact) mass is 212 g/mol. The molecule has 84 valence electrons. The Morgan fingerprint density at radius 1 is 1.53 bits per heavy atom. The predicted octanol–water partition coefficient (Wildman–Crippen LogP) is 1.30. The number of allylic oxidation sites excluding steroid dienone is 2. The van der Waals surface area contributed by atoms with Crippen molar-refractivity contribution in [2.75, 3.05) is 20.8 Å². The fourth-order valence-electron chi connectivity index (χ4n) is 1.45. The summed E-state index contributed by atoms with van der Waals surface area (Å²) in [5.74, 6) is 0.520. The van der Waals surface area contributed by atoms with Crippen molar-refractivity contribution in [1.29, 1.82) is 0 Å². The highest BCUT2D eigenvalue weighted by molar-refractivity contribution is 5.35. The lowest BCUT2D eigenvalue weighted by Gasteiger charge is -2.21. The van der Waals surface area contributed by atoms with Gasteiger partial charge in [-0.15, -0.1) is 0 Å². The van der Waals surface area contributed by atoms with Gasteiger partial charge in [0.25, 0.3) is 0 Å². The lowest BCUT2D eigenvalue weighted by Crippen LogP contribution is -2.19. The molecule has 2 N–H and O–H groups in total. The van der Waals surface area contributed by atoms with Crippen LogP contribution in [0.25, 0.3) is 0 Å². The van der Waals surface area contributed by atoms with Crippen LogP contribution in [0, 0.1) is 0 Å². The van der Waals surface area contributed by atoms with E-state index in [0.717, 1.165) is 5.57 Å². The lowest BCUT2D eigenvalue weighted by atomic mass is 9.99. The molecule has 0 saturated carbocycles. The van der Waals surface area contributed by atoms with E-state index in [1.54, 1.807) is 18.2 Å². The molecule has 0 bridgehead atoms. The van der Waals surface area contributed by atoms with Gasteiger partial charge in [-0.25, -0.2) is 0 Å². The Hall–Kier alpha value is -1.26. The van der Waals surface area contributed by atoms with Crippen molar-refractivity contribution in [3.63, 3.8) is 0 Å². The van der Waals surface area contributed by atoms with Gasteiger partial charge in [0.2, 0.25) is 0 Å². The third kappa shape index (κ3) is 2.84. The van der Waals surface area contributed by atoms with E-state index in [0.29, 0.717) is 12.2 Å². The molecule has 15 heavy (non-hydrogen) atoms. The van der Waals surface area contributed by atoms with Gasteiger partial charge in [0.1, 0.15) is 6.10 Å². The Balaban J connectivity index is 2.89. The van der Waals surface area contributed by atoms with Gasteiger partial charge in [0, 0.05) is 13.5 Å². The summed E-state index contributed by atoms with van der Waals surface area (Å²) in [6.45, 7) is -0.00694.